The third kappa shape index (κ3) is 2.84. The highest BCUT2D eigenvalue weighted by Gasteiger charge is 2.25. The van der Waals surface area contributed by atoms with Crippen LogP contribution in [0, 0.1) is 12.8 Å². The number of hydrogen-bond acceptors (Lipinski definition) is 3. The smallest absolute Gasteiger partial charge is 0.410 e. The molecule has 0 aromatic rings. The molecule has 2 heterocycles. The molecule has 4 nitrogen and oxygen atoms in total. The van der Waals surface area contributed by atoms with E-state index in [0.29, 0.717) is 19.1 Å². The van der Waals surface area contributed by atoms with Gasteiger partial charge in [0.05, 0.1) is 13.2 Å². The lowest BCUT2D eigenvalue weighted by molar-refractivity contribution is 0.0480. The van der Waals surface area contributed by atoms with Crippen LogP contribution in [0.1, 0.15) is 19.3 Å². The van der Waals surface area contributed by atoms with Crippen LogP contribution in [0.25, 0.3) is 0 Å². The first kappa shape index (κ1) is 10.7. The molecule has 2 fully saturated rings. The summed E-state index contributed by atoms with van der Waals surface area (Å²) >= 11 is 0. The lowest BCUT2D eigenvalue weighted by Gasteiger charge is -2.30. The van der Waals surface area contributed by atoms with Crippen LogP contribution < -0.4 is 0 Å². The maximum absolute atomic E-state index is 11.7. The van der Waals surface area contributed by atoms with Crippen molar-refractivity contribution in [2.45, 2.75) is 25.4 Å². The Labute approximate surface area is 90.5 Å². The minimum absolute atomic E-state index is 0.0324. The molecule has 2 saturated heterocycles. The van der Waals surface area contributed by atoms with Crippen LogP contribution in [0.5, 0.6) is 0 Å². The van der Waals surface area contributed by atoms with Gasteiger partial charge in [0.25, 0.3) is 0 Å². The van der Waals surface area contributed by atoms with E-state index in [9.17, 15) is 4.79 Å². The molecule has 0 aliphatic carbocycles. The van der Waals surface area contributed by atoms with Crippen molar-refractivity contribution in [2.75, 3.05) is 26.3 Å². The second kappa shape index (κ2) is 4.84. The van der Waals surface area contributed by atoms with Gasteiger partial charge in [0.15, 0.2) is 0 Å². The van der Waals surface area contributed by atoms with Gasteiger partial charge in [0.1, 0.15) is 6.10 Å². The summed E-state index contributed by atoms with van der Waals surface area (Å²) in [5, 5.41) is 0. The van der Waals surface area contributed by atoms with Crippen molar-refractivity contribution in [1.82, 2.24) is 4.90 Å². The van der Waals surface area contributed by atoms with Crippen molar-refractivity contribution in [3.8, 4) is 0 Å². The summed E-state index contributed by atoms with van der Waals surface area (Å²) < 4.78 is 10.5. The third-order valence-corrected chi connectivity index (χ3v) is 3.03. The lowest BCUT2D eigenvalue weighted by atomic mass is 10.00. The highest BCUT2D eigenvalue weighted by molar-refractivity contribution is 5.67. The number of ether oxygens (including phenoxy) is 2. The number of nitrogens with zero attached hydrogens (tertiary/aromatic N) is 1. The highest BCUT2D eigenvalue weighted by Crippen LogP contribution is 2.17. The summed E-state index contributed by atoms with van der Waals surface area (Å²) in [5.41, 5.74) is 0. The van der Waals surface area contributed by atoms with Crippen LogP contribution in [0.2, 0.25) is 0 Å². The van der Waals surface area contributed by atoms with E-state index in [1.165, 1.54) is 0 Å². The fourth-order valence-electron chi connectivity index (χ4n) is 1.94. The molecule has 0 N–H and O–H groups in total. The monoisotopic (exact) mass is 212 g/mol. The quantitative estimate of drug-likeness (QED) is 0.660. The summed E-state index contributed by atoms with van der Waals surface area (Å²) in [6, 6.07) is 0. The summed E-state index contributed by atoms with van der Waals surface area (Å²) in [7, 11) is 0. The fraction of sp³-hybridized carbons (Fsp3) is 0.818. The molecule has 15 heavy (non-hydrogen) atoms. The maximum atomic E-state index is 11.7. The molecule has 1 radical (unpaired) electrons. The predicted molar refractivity (Wildman–Crippen MR) is 55.4 cm³/mol. The van der Waals surface area contributed by atoms with Crippen molar-refractivity contribution in [1.29, 1.82) is 0 Å². The van der Waals surface area contributed by atoms with E-state index >= 15 is 0 Å². The molecule has 85 valence electrons. The molecule has 0 saturated carbocycles. The zero-order valence-corrected chi connectivity index (χ0v) is 8.98. The SMILES string of the molecule is [CH2]C1CCN(C(=O)OC2CCOC2)CC1. The number of carbonyl (C=O) groups excluding carboxylic acids is 1. The Bertz CT molecular complexity index is 218. The van der Waals surface area contributed by atoms with Crippen LogP contribution in [0.3, 0.4) is 0 Å². The molecule has 4 heteroatoms. The van der Waals surface area contributed by atoms with Gasteiger partial charge in [0, 0.05) is 19.5 Å². The Morgan fingerprint density at radius 2 is 2.07 bits per heavy atom. The van der Waals surface area contributed by atoms with E-state index in [0.717, 1.165) is 32.4 Å². The first-order valence-electron chi connectivity index (χ1n) is 5.62. The van der Waals surface area contributed by atoms with Crippen molar-refractivity contribution in [2.24, 2.45) is 5.92 Å². The van der Waals surface area contributed by atoms with E-state index in [2.05, 4.69) is 6.92 Å². The molecule has 0 aromatic carbocycles. The second-order valence-electron chi connectivity index (χ2n) is 4.30. The van der Waals surface area contributed by atoms with E-state index in [4.69, 9.17) is 9.47 Å². The molecule has 2 aliphatic rings. The standard InChI is InChI=1S/C11H18NO3/c1-9-2-5-12(6-3-9)11(13)15-10-4-7-14-8-10/h9-10H,1-8H2. The molecule has 1 unspecified atom stereocenters. The van der Waals surface area contributed by atoms with Crippen LogP contribution >= 0.6 is 0 Å². The number of likely N-dealkylation sites (tertiary alicyclic amines) is 1. The van der Waals surface area contributed by atoms with Crippen molar-refractivity contribution in [3.63, 3.8) is 0 Å². The van der Waals surface area contributed by atoms with Crippen LogP contribution in [0.4, 0.5) is 4.79 Å². The zero-order valence-electron chi connectivity index (χ0n) is 8.98. The molecule has 2 aliphatic heterocycles. The van der Waals surface area contributed by atoms with Crippen molar-refractivity contribution >= 4 is 6.09 Å². The van der Waals surface area contributed by atoms with Gasteiger partial charge in [-0.2, -0.15) is 0 Å². The number of amides is 1. The van der Waals surface area contributed by atoms with Gasteiger partial charge < -0.3 is 14.4 Å². The van der Waals surface area contributed by atoms with E-state index in [1.54, 1.807) is 4.90 Å². The molecular weight excluding hydrogens is 194 g/mol. The van der Waals surface area contributed by atoms with Gasteiger partial charge in [-0.3, -0.25) is 0 Å². The molecule has 0 bridgehead atoms. The Balaban J connectivity index is 1.75. The maximum Gasteiger partial charge on any atom is 0.410 e. The van der Waals surface area contributed by atoms with E-state index in [1.807, 2.05) is 0 Å². The van der Waals surface area contributed by atoms with Gasteiger partial charge in [-0.1, -0.05) is 6.92 Å². The normalized spacial score (nSPS) is 28.1. The van der Waals surface area contributed by atoms with Gasteiger partial charge in [-0.05, 0) is 18.8 Å². The average Bonchev–Trinajstić information content (AvgIpc) is 2.71. The first-order chi connectivity index (χ1) is 7.25. The molecule has 0 aromatic heterocycles. The number of piperidine rings is 1. The largest absolute Gasteiger partial charge is 0.444 e. The Kier molecular flexibility index (Phi) is 3.46. The van der Waals surface area contributed by atoms with Crippen LogP contribution in [-0.4, -0.2) is 43.4 Å². The number of rotatable bonds is 1. The van der Waals surface area contributed by atoms with E-state index < -0.39 is 0 Å². The van der Waals surface area contributed by atoms with Crippen molar-refractivity contribution < 1.29 is 14.3 Å². The minimum Gasteiger partial charge on any atom is -0.444 e. The first-order valence-corrected chi connectivity index (χ1v) is 5.62. The molecule has 1 atom stereocenters. The zero-order chi connectivity index (χ0) is 10.7. The Hall–Kier alpha value is -0.770. The van der Waals surface area contributed by atoms with Gasteiger partial charge >= 0.3 is 6.09 Å². The summed E-state index contributed by atoms with van der Waals surface area (Å²) in [6.07, 6.45) is 2.58. The minimum atomic E-state index is -0.183. The Morgan fingerprint density at radius 3 is 2.67 bits per heavy atom. The third-order valence-electron chi connectivity index (χ3n) is 3.03. The molecule has 1 amide bonds. The fourth-order valence-corrected chi connectivity index (χ4v) is 1.94. The van der Waals surface area contributed by atoms with Crippen LogP contribution in [-0.2, 0) is 9.47 Å². The Morgan fingerprint density at radius 1 is 1.33 bits per heavy atom. The number of carbonyl (C=O) groups is 1. The topological polar surface area (TPSA) is 38.8 Å². The molecule has 0 spiro atoms. The number of hydrogen-bond donors (Lipinski definition) is 0. The van der Waals surface area contributed by atoms with Gasteiger partial charge in [0.2, 0.25) is 0 Å². The van der Waals surface area contributed by atoms with Crippen molar-refractivity contribution in [3.05, 3.63) is 6.92 Å². The predicted octanol–water partition coefficient (Wildman–Crippen LogP) is 1.46. The van der Waals surface area contributed by atoms with E-state index in [-0.39, 0.29) is 12.2 Å². The summed E-state index contributed by atoms with van der Waals surface area (Å²) in [4.78, 5) is 13.5. The lowest BCUT2D eigenvalue weighted by Crippen LogP contribution is -2.40. The van der Waals surface area contributed by atoms with Crippen LogP contribution in [0.15, 0.2) is 0 Å². The highest BCUT2D eigenvalue weighted by atomic mass is 16.6. The summed E-state index contributed by atoms with van der Waals surface area (Å²) in [5.74, 6) is 0.490. The van der Waals surface area contributed by atoms with Gasteiger partial charge in [-0.15, -0.1) is 0 Å². The summed E-state index contributed by atoms with van der Waals surface area (Å²) in [6.45, 7) is 6.81. The molecule has 2 rings (SSSR count). The molecular formula is C11H18NO3. The average molecular weight is 212 g/mol. The second-order valence-corrected chi connectivity index (χ2v) is 4.30. The van der Waals surface area contributed by atoms with Gasteiger partial charge in [-0.25, -0.2) is 4.79 Å².